The van der Waals surface area contributed by atoms with Crippen LogP contribution in [0.4, 0.5) is 15.9 Å². The van der Waals surface area contributed by atoms with E-state index in [0.717, 1.165) is 16.9 Å². The third-order valence-electron chi connectivity index (χ3n) is 4.90. The number of hydrogen-bond donors (Lipinski definition) is 3. The molecule has 0 fully saturated rings. The predicted molar refractivity (Wildman–Crippen MR) is 87.5 cm³/mol. The minimum Gasteiger partial charge on any atom is -0.393 e. The van der Waals surface area contributed by atoms with Gasteiger partial charge in [0.2, 0.25) is 0 Å². The lowest BCUT2D eigenvalue weighted by Crippen LogP contribution is -2.28. The van der Waals surface area contributed by atoms with Crippen LogP contribution in [0.1, 0.15) is 40.4 Å². The number of anilines is 2. The van der Waals surface area contributed by atoms with Crippen LogP contribution in [0, 0.1) is 5.82 Å². The maximum atomic E-state index is 13.6. The number of fused-ring (bicyclic) bond motifs is 2. The molecule has 2 aromatic rings. The standard InChI is InChI=1S/C17H19FN4O2/c18-9-1-3-14-12(7-9)11(5-6-20-14)17(24)22-16(19)13-8-10(23)2-4-15(13)21-22/h1,3,7,10-11,20,23H,2,4-6,8,19H2/t10-,11-/m1/s1. The third-order valence-corrected chi connectivity index (χ3v) is 4.90. The van der Waals surface area contributed by atoms with Crippen LogP contribution in [0.3, 0.4) is 0 Å². The molecule has 0 spiro atoms. The number of nitrogens with one attached hydrogen (secondary N) is 1. The number of hydrogen-bond acceptors (Lipinski definition) is 5. The summed E-state index contributed by atoms with van der Waals surface area (Å²) in [5.74, 6) is -0.799. The summed E-state index contributed by atoms with van der Waals surface area (Å²) in [6.45, 7) is 0.634. The lowest BCUT2D eigenvalue weighted by molar-refractivity contribution is 0.0859. The molecule has 6 nitrogen and oxygen atoms in total. The number of carbonyl (C=O) groups excluding carboxylic acids is 1. The van der Waals surface area contributed by atoms with Gasteiger partial charge in [-0.05, 0) is 43.0 Å². The Morgan fingerprint density at radius 3 is 3.08 bits per heavy atom. The summed E-state index contributed by atoms with van der Waals surface area (Å²) in [6, 6.07) is 4.42. The van der Waals surface area contributed by atoms with Gasteiger partial charge in [-0.15, -0.1) is 0 Å². The molecule has 0 unspecified atom stereocenters. The van der Waals surface area contributed by atoms with Gasteiger partial charge in [0.1, 0.15) is 11.6 Å². The molecule has 2 heterocycles. The third kappa shape index (κ3) is 2.36. The smallest absolute Gasteiger partial charge is 0.256 e. The average molecular weight is 330 g/mol. The minimum absolute atomic E-state index is 0.246. The minimum atomic E-state index is -0.481. The Morgan fingerprint density at radius 2 is 2.25 bits per heavy atom. The Hall–Kier alpha value is -2.41. The number of nitrogen functional groups attached to an aromatic ring is 1. The van der Waals surface area contributed by atoms with Crippen LogP contribution >= 0.6 is 0 Å². The largest absolute Gasteiger partial charge is 0.393 e. The molecular weight excluding hydrogens is 311 g/mol. The topological polar surface area (TPSA) is 93.2 Å². The molecule has 24 heavy (non-hydrogen) atoms. The zero-order chi connectivity index (χ0) is 16.8. The van der Waals surface area contributed by atoms with Crippen molar-refractivity contribution < 1.29 is 14.3 Å². The van der Waals surface area contributed by atoms with Gasteiger partial charge in [0.25, 0.3) is 5.91 Å². The summed E-state index contributed by atoms with van der Waals surface area (Å²) in [4.78, 5) is 13.0. The van der Waals surface area contributed by atoms with Crippen LogP contribution in [0.5, 0.6) is 0 Å². The second kappa shape index (κ2) is 5.59. The van der Waals surface area contributed by atoms with Crippen molar-refractivity contribution in [3.63, 3.8) is 0 Å². The Labute approximate surface area is 138 Å². The van der Waals surface area contributed by atoms with Gasteiger partial charge in [0.05, 0.1) is 17.7 Å². The summed E-state index contributed by atoms with van der Waals surface area (Å²) in [5.41, 5.74) is 9.07. The van der Waals surface area contributed by atoms with Gasteiger partial charge < -0.3 is 16.2 Å². The zero-order valence-electron chi connectivity index (χ0n) is 13.1. The van der Waals surface area contributed by atoms with Gasteiger partial charge in [0, 0.05) is 24.2 Å². The van der Waals surface area contributed by atoms with Gasteiger partial charge >= 0.3 is 0 Å². The van der Waals surface area contributed by atoms with E-state index in [-0.39, 0.29) is 11.7 Å². The van der Waals surface area contributed by atoms with E-state index in [1.54, 1.807) is 6.07 Å². The molecular formula is C17H19FN4O2. The van der Waals surface area contributed by atoms with E-state index in [2.05, 4.69) is 10.4 Å². The molecule has 4 rings (SSSR count). The fraction of sp³-hybridized carbons (Fsp3) is 0.412. The first-order valence-corrected chi connectivity index (χ1v) is 8.16. The number of rotatable bonds is 1. The van der Waals surface area contributed by atoms with Gasteiger partial charge in [-0.2, -0.15) is 9.78 Å². The highest BCUT2D eigenvalue weighted by molar-refractivity contribution is 5.90. The average Bonchev–Trinajstić information content (AvgIpc) is 2.90. The molecule has 1 aliphatic heterocycles. The number of carbonyl (C=O) groups is 1. The molecule has 1 aromatic heterocycles. The number of aliphatic hydroxyl groups excluding tert-OH is 1. The Bertz CT molecular complexity index is 817. The molecule has 1 aliphatic carbocycles. The number of aromatic nitrogens is 2. The monoisotopic (exact) mass is 330 g/mol. The molecule has 0 radical (unpaired) electrons. The molecule has 4 N–H and O–H groups in total. The van der Waals surface area contributed by atoms with Crippen molar-refractivity contribution in [3.05, 3.63) is 40.8 Å². The van der Waals surface area contributed by atoms with Crippen molar-refractivity contribution in [2.45, 2.75) is 37.7 Å². The maximum Gasteiger partial charge on any atom is 0.256 e. The molecule has 1 aromatic carbocycles. The lowest BCUT2D eigenvalue weighted by Gasteiger charge is -2.25. The summed E-state index contributed by atoms with van der Waals surface area (Å²) < 4.78 is 14.9. The summed E-state index contributed by atoms with van der Waals surface area (Å²) >= 11 is 0. The highest BCUT2D eigenvalue weighted by Crippen LogP contribution is 2.35. The number of aliphatic hydroxyl groups is 1. The highest BCUT2D eigenvalue weighted by atomic mass is 19.1. The van der Waals surface area contributed by atoms with Crippen molar-refractivity contribution in [2.75, 3.05) is 17.6 Å². The SMILES string of the molecule is Nc1c2c(nn1C(=O)[C@@H]1CCNc3ccc(F)cc31)CC[C@@H](O)C2. The molecule has 2 atom stereocenters. The van der Waals surface area contributed by atoms with Gasteiger partial charge in [-0.3, -0.25) is 4.79 Å². The zero-order valence-corrected chi connectivity index (χ0v) is 13.1. The van der Waals surface area contributed by atoms with Crippen molar-refractivity contribution in [1.82, 2.24) is 9.78 Å². The first-order chi connectivity index (χ1) is 11.5. The first kappa shape index (κ1) is 15.1. The van der Waals surface area contributed by atoms with E-state index < -0.39 is 12.0 Å². The van der Waals surface area contributed by atoms with E-state index in [1.165, 1.54) is 16.8 Å². The van der Waals surface area contributed by atoms with E-state index >= 15 is 0 Å². The van der Waals surface area contributed by atoms with Crippen LogP contribution in [0.15, 0.2) is 18.2 Å². The number of nitrogens with two attached hydrogens (primary N) is 1. The highest BCUT2D eigenvalue weighted by Gasteiger charge is 2.32. The fourth-order valence-corrected chi connectivity index (χ4v) is 3.64. The van der Waals surface area contributed by atoms with Crippen LogP contribution < -0.4 is 11.1 Å². The van der Waals surface area contributed by atoms with E-state index in [0.29, 0.717) is 43.6 Å². The van der Waals surface area contributed by atoms with Crippen LogP contribution in [-0.4, -0.2) is 33.4 Å². The molecule has 7 heteroatoms. The van der Waals surface area contributed by atoms with Crippen LogP contribution in [0.2, 0.25) is 0 Å². The summed E-state index contributed by atoms with van der Waals surface area (Å²) in [6.07, 6.45) is 1.77. The number of halogens is 1. The molecule has 0 bridgehead atoms. The van der Waals surface area contributed by atoms with Gasteiger partial charge in [-0.1, -0.05) is 0 Å². The number of nitrogens with zero attached hydrogens (tertiary/aromatic N) is 2. The number of aryl methyl sites for hydroxylation is 1. The van der Waals surface area contributed by atoms with E-state index in [4.69, 9.17) is 5.73 Å². The second-order valence-electron chi connectivity index (χ2n) is 6.46. The molecule has 126 valence electrons. The summed E-state index contributed by atoms with van der Waals surface area (Å²) in [5, 5.41) is 17.4. The van der Waals surface area contributed by atoms with Gasteiger partial charge in [0.15, 0.2) is 0 Å². The molecule has 0 saturated carbocycles. The predicted octanol–water partition coefficient (Wildman–Crippen LogP) is 1.69. The molecule has 0 amide bonds. The Morgan fingerprint density at radius 1 is 1.42 bits per heavy atom. The quantitative estimate of drug-likeness (QED) is 0.740. The Balaban J connectivity index is 1.72. The van der Waals surface area contributed by atoms with Crippen LogP contribution in [-0.2, 0) is 12.8 Å². The molecule has 0 saturated heterocycles. The second-order valence-corrected chi connectivity index (χ2v) is 6.46. The summed E-state index contributed by atoms with van der Waals surface area (Å²) in [7, 11) is 0. The van der Waals surface area contributed by atoms with E-state index in [9.17, 15) is 14.3 Å². The fourth-order valence-electron chi connectivity index (χ4n) is 3.64. The van der Waals surface area contributed by atoms with Gasteiger partial charge in [-0.25, -0.2) is 4.39 Å². The van der Waals surface area contributed by atoms with Crippen molar-refractivity contribution in [3.8, 4) is 0 Å². The van der Waals surface area contributed by atoms with E-state index in [1.807, 2.05) is 0 Å². The first-order valence-electron chi connectivity index (χ1n) is 8.16. The lowest BCUT2D eigenvalue weighted by atomic mass is 9.90. The van der Waals surface area contributed by atoms with Crippen molar-refractivity contribution in [1.29, 1.82) is 0 Å². The van der Waals surface area contributed by atoms with Crippen LogP contribution in [0.25, 0.3) is 0 Å². The normalized spacial score (nSPS) is 22.4. The van der Waals surface area contributed by atoms with Crippen molar-refractivity contribution >= 4 is 17.4 Å². The Kier molecular flexibility index (Phi) is 3.53. The number of benzene rings is 1. The van der Waals surface area contributed by atoms with Crippen molar-refractivity contribution in [2.24, 2.45) is 0 Å². The maximum absolute atomic E-state index is 13.6. The molecule has 2 aliphatic rings.